The Hall–Kier alpha value is -0.640. The summed E-state index contributed by atoms with van der Waals surface area (Å²) in [5.74, 6) is 0.873. The van der Waals surface area contributed by atoms with Crippen LogP contribution in [0.2, 0.25) is 0 Å². The molecule has 1 aliphatic heterocycles. The SMILES string of the molecule is Cc1cnc(N2CCCC2CBr)nc1. The molecule has 3 nitrogen and oxygen atoms in total. The lowest BCUT2D eigenvalue weighted by Gasteiger charge is -2.22. The molecule has 0 N–H and O–H groups in total. The molecule has 0 aromatic carbocycles. The Morgan fingerprint density at radius 1 is 1.50 bits per heavy atom. The highest BCUT2D eigenvalue weighted by atomic mass is 79.9. The normalized spacial score (nSPS) is 21.6. The number of alkyl halides is 1. The van der Waals surface area contributed by atoms with Crippen LogP contribution in [0.5, 0.6) is 0 Å². The third-order valence-corrected chi connectivity index (χ3v) is 3.33. The summed E-state index contributed by atoms with van der Waals surface area (Å²) in [5, 5.41) is 1.00. The monoisotopic (exact) mass is 255 g/mol. The van der Waals surface area contributed by atoms with Crippen LogP contribution in [0.4, 0.5) is 5.95 Å². The van der Waals surface area contributed by atoms with E-state index < -0.39 is 0 Å². The van der Waals surface area contributed by atoms with Gasteiger partial charge in [-0.05, 0) is 25.3 Å². The molecule has 14 heavy (non-hydrogen) atoms. The van der Waals surface area contributed by atoms with Crippen molar-refractivity contribution in [3.63, 3.8) is 0 Å². The highest BCUT2D eigenvalue weighted by Gasteiger charge is 2.25. The van der Waals surface area contributed by atoms with Crippen LogP contribution in [-0.4, -0.2) is 27.9 Å². The molecule has 1 atom stereocenters. The third-order valence-electron chi connectivity index (χ3n) is 2.58. The minimum Gasteiger partial charge on any atom is -0.337 e. The zero-order valence-electron chi connectivity index (χ0n) is 8.28. The molecule has 0 aliphatic carbocycles. The standard InChI is InChI=1S/C10H14BrN3/c1-8-6-12-10(13-7-8)14-4-2-3-9(14)5-11/h6-7,9H,2-5H2,1H3. The molecule has 4 heteroatoms. The molecule has 0 saturated carbocycles. The third kappa shape index (κ3) is 1.90. The summed E-state index contributed by atoms with van der Waals surface area (Å²) < 4.78 is 0. The number of aryl methyl sites for hydroxylation is 1. The number of nitrogens with zero attached hydrogens (tertiary/aromatic N) is 3. The van der Waals surface area contributed by atoms with E-state index in [1.165, 1.54) is 12.8 Å². The largest absolute Gasteiger partial charge is 0.337 e. The zero-order chi connectivity index (χ0) is 9.97. The quantitative estimate of drug-likeness (QED) is 0.759. The summed E-state index contributed by atoms with van der Waals surface area (Å²) in [4.78, 5) is 11.0. The lowest BCUT2D eigenvalue weighted by Crippen LogP contribution is -2.31. The molecule has 1 saturated heterocycles. The number of aromatic nitrogens is 2. The van der Waals surface area contributed by atoms with Crippen molar-refractivity contribution in [1.82, 2.24) is 9.97 Å². The molecule has 2 heterocycles. The fraction of sp³-hybridized carbons (Fsp3) is 0.600. The van der Waals surface area contributed by atoms with Crippen molar-refractivity contribution in [3.05, 3.63) is 18.0 Å². The van der Waals surface area contributed by atoms with Gasteiger partial charge in [0.25, 0.3) is 0 Å². The molecule has 0 bridgehead atoms. The first-order valence-electron chi connectivity index (χ1n) is 4.92. The van der Waals surface area contributed by atoms with Gasteiger partial charge in [0.2, 0.25) is 5.95 Å². The van der Waals surface area contributed by atoms with E-state index in [0.29, 0.717) is 6.04 Å². The zero-order valence-corrected chi connectivity index (χ0v) is 9.87. The number of hydrogen-bond acceptors (Lipinski definition) is 3. The highest BCUT2D eigenvalue weighted by Crippen LogP contribution is 2.23. The molecule has 1 aliphatic rings. The van der Waals surface area contributed by atoms with Gasteiger partial charge >= 0.3 is 0 Å². The summed E-state index contributed by atoms with van der Waals surface area (Å²) in [6, 6.07) is 0.567. The van der Waals surface area contributed by atoms with Gasteiger partial charge in [-0.25, -0.2) is 9.97 Å². The molecule has 0 spiro atoms. The molecule has 0 radical (unpaired) electrons. The first-order chi connectivity index (χ1) is 6.81. The second-order valence-electron chi connectivity index (χ2n) is 3.70. The predicted octanol–water partition coefficient (Wildman–Crippen LogP) is 2.15. The summed E-state index contributed by atoms with van der Waals surface area (Å²) in [6.45, 7) is 3.09. The Morgan fingerprint density at radius 3 is 2.86 bits per heavy atom. The van der Waals surface area contributed by atoms with Gasteiger partial charge in [-0.3, -0.25) is 0 Å². The minimum atomic E-state index is 0.567. The van der Waals surface area contributed by atoms with Crippen molar-refractivity contribution >= 4 is 21.9 Å². The van der Waals surface area contributed by atoms with Crippen molar-refractivity contribution < 1.29 is 0 Å². The van der Waals surface area contributed by atoms with Crippen LogP contribution >= 0.6 is 15.9 Å². The van der Waals surface area contributed by atoms with Crippen molar-refractivity contribution in [3.8, 4) is 0 Å². The molecule has 1 unspecified atom stereocenters. The van der Waals surface area contributed by atoms with Crippen molar-refractivity contribution in [2.75, 3.05) is 16.8 Å². The second kappa shape index (κ2) is 4.26. The van der Waals surface area contributed by atoms with Gasteiger partial charge in [-0.1, -0.05) is 15.9 Å². The summed E-state index contributed by atoms with van der Waals surface area (Å²) in [6.07, 6.45) is 6.24. The Balaban J connectivity index is 2.17. The van der Waals surface area contributed by atoms with Crippen molar-refractivity contribution in [2.45, 2.75) is 25.8 Å². The van der Waals surface area contributed by atoms with Crippen LogP contribution < -0.4 is 4.90 Å². The lowest BCUT2D eigenvalue weighted by molar-refractivity contribution is 0.730. The molecule has 1 fully saturated rings. The van der Waals surface area contributed by atoms with Crippen LogP contribution in [-0.2, 0) is 0 Å². The van der Waals surface area contributed by atoms with Gasteiger partial charge in [0, 0.05) is 30.3 Å². The van der Waals surface area contributed by atoms with Crippen LogP contribution in [0.15, 0.2) is 12.4 Å². The molecule has 1 aromatic rings. The van der Waals surface area contributed by atoms with E-state index in [2.05, 4.69) is 30.8 Å². The van der Waals surface area contributed by atoms with Gasteiger partial charge < -0.3 is 4.90 Å². The smallest absolute Gasteiger partial charge is 0.225 e. The maximum absolute atomic E-state index is 4.35. The minimum absolute atomic E-state index is 0.567. The molecular weight excluding hydrogens is 242 g/mol. The van der Waals surface area contributed by atoms with E-state index in [9.17, 15) is 0 Å². The average Bonchev–Trinajstić information content (AvgIpc) is 2.67. The van der Waals surface area contributed by atoms with Crippen LogP contribution in [0.3, 0.4) is 0 Å². The Kier molecular flexibility index (Phi) is 3.01. The Bertz CT molecular complexity index is 299. The van der Waals surface area contributed by atoms with Gasteiger partial charge in [0.15, 0.2) is 0 Å². The summed E-state index contributed by atoms with van der Waals surface area (Å²) in [5.41, 5.74) is 1.11. The van der Waals surface area contributed by atoms with E-state index in [0.717, 1.165) is 23.4 Å². The summed E-state index contributed by atoms with van der Waals surface area (Å²) >= 11 is 3.53. The van der Waals surface area contributed by atoms with Crippen LogP contribution in [0.1, 0.15) is 18.4 Å². The Morgan fingerprint density at radius 2 is 2.21 bits per heavy atom. The van der Waals surface area contributed by atoms with E-state index >= 15 is 0 Å². The van der Waals surface area contributed by atoms with Gasteiger partial charge in [-0.15, -0.1) is 0 Å². The lowest BCUT2D eigenvalue weighted by atomic mass is 10.2. The van der Waals surface area contributed by atoms with E-state index in [4.69, 9.17) is 0 Å². The molecule has 0 amide bonds. The Labute approximate surface area is 92.7 Å². The van der Waals surface area contributed by atoms with E-state index in [1.807, 2.05) is 19.3 Å². The first kappa shape index (κ1) is 9.90. The van der Waals surface area contributed by atoms with Crippen molar-refractivity contribution in [2.24, 2.45) is 0 Å². The van der Waals surface area contributed by atoms with Gasteiger partial charge in [0.1, 0.15) is 0 Å². The summed E-state index contributed by atoms with van der Waals surface area (Å²) in [7, 11) is 0. The van der Waals surface area contributed by atoms with Gasteiger partial charge in [0.05, 0.1) is 0 Å². The fourth-order valence-electron chi connectivity index (χ4n) is 1.79. The topological polar surface area (TPSA) is 29.0 Å². The molecule has 1 aromatic heterocycles. The average molecular weight is 256 g/mol. The first-order valence-corrected chi connectivity index (χ1v) is 6.04. The van der Waals surface area contributed by atoms with Gasteiger partial charge in [-0.2, -0.15) is 0 Å². The number of hydrogen-bond donors (Lipinski definition) is 0. The fourth-order valence-corrected chi connectivity index (χ4v) is 2.47. The molecular formula is C10H14BrN3. The van der Waals surface area contributed by atoms with Crippen LogP contribution in [0, 0.1) is 6.92 Å². The maximum Gasteiger partial charge on any atom is 0.225 e. The maximum atomic E-state index is 4.35. The number of halogens is 1. The highest BCUT2D eigenvalue weighted by molar-refractivity contribution is 9.09. The number of anilines is 1. The van der Waals surface area contributed by atoms with E-state index in [1.54, 1.807) is 0 Å². The molecule has 76 valence electrons. The van der Waals surface area contributed by atoms with Crippen LogP contribution in [0.25, 0.3) is 0 Å². The number of rotatable bonds is 2. The predicted molar refractivity (Wildman–Crippen MR) is 60.9 cm³/mol. The van der Waals surface area contributed by atoms with Crippen molar-refractivity contribution in [1.29, 1.82) is 0 Å². The van der Waals surface area contributed by atoms with E-state index in [-0.39, 0.29) is 0 Å². The second-order valence-corrected chi connectivity index (χ2v) is 4.35. The molecule has 2 rings (SSSR count).